The molecule has 0 saturated carbocycles. The van der Waals surface area contributed by atoms with E-state index >= 15 is 0 Å². The molecule has 2 aromatic carbocycles. The molecule has 0 bridgehead atoms. The van der Waals surface area contributed by atoms with Gasteiger partial charge < -0.3 is 20.5 Å². The van der Waals surface area contributed by atoms with Gasteiger partial charge in [0.15, 0.2) is 11.6 Å². The number of rotatable bonds is 4. The van der Waals surface area contributed by atoms with Gasteiger partial charge in [0.05, 0.1) is 28.3 Å². The lowest BCUT2D eigenvalue weighted by atomic mass is 10.1. The molecule has 0 spiro atoms. The molecule has 1 aliphatic rings. The van der Waals surface area contributed by atoms with Gasteiger partial charge in [0.1, 0.15) is 17.2 Å². The number of nitrogens with one attached hydrogen (secondary N) is 1. The summed E-state index contributed by atoms with van der Waals surface area (Å²) >= 11 is 1.22. The predicted octanol–water partition coefficient (Wildman–Crippen LogP) is 3.04. The minimum atomic E-state index is -1.24. The van der Waals surface area contributed by atoms with E-state index in [9.17, 15) is 9.59 Å². The molecular formula is C23H17N7O4S. The number of carboxylic acid groups (broad SMARTS) is 1. The van der Waals surface area contributed by atoms with Crippen molar-refractivity contribution in [3.63, 3.8) is 0 Å². The van der Waals surface area contributed by atoms with E-state index < -0.39 is 11.5 Å². The molecular weight excluding hydrogens is 470 g/mol. The molecule has 0 fully saturated rings. The van der Waals surface area contributed by atoms with Crippen LogP contribution in [0.2, 0.25) is 0 Å². The molecule has 5 aromatic rings. The van der Waals surface area contributed by atoms with Crippen LogP contribution in [-0.4, -0.2) is 49.0 Å². The molecule has 0 amide bonds. The number of aromatic amines is 1. The molecule has 174 valence electrons. The average Bonchev–Trinajstić information content (AvgIpc) is 3.52. The van der Waals surface area contributed by atoms with E-state index in [0.29, 0.717) is 39.8 Å². The lowest BCUT2D eigenvalue weighted by Crippen LogP contribution is -2.29. The maximum Gasteiger partial charge on any atom is 0.375 e. The zero-order chi connectivity index (χ0) is 24.1. The fourth-order valence-corrected chi connectivity index (χ4v) is 5.02. The van der Waals surface area contributed by atoms with Crippen molar-refractivity contribution in [2.75, 3.05) is 23.8 Å². The molecule has 0 unspecified atom stereocenters. The Hall–Kier alpha value is -4.71. The maximum atomic E-state index is 13.2. The summed E-state index contributed by atoms with van der Waals surface area (Å²) in [6.45, 7) is 1.19. The van der Waals surface area contributed by atoms with Crippen LogP contribution >= 0.6 is 11.3 Å². The summed E-state index contributed by atoms with van der Waals surface area (Å²) in [5, 5.41) is 15.4. The lowest BCUT2D eigenvalue weighted by Gasteiger charge is -2.31. The lowest BCUT2D eigenvalue weighted by molar-refractivity contribution is 0.0684. The second-order valence-corrected chi connectivity index (χ2v) is 8.77. The standard InChI is InChI=1S/C23H17N7O4S/c24-18-22(31)30(15-11-17(35-21(15)25-18)19-26-20(23(32)33)28-27-19)13-6-7-16-14(10-13)29(8-9-34-16)12-4-2-1-3-5-12/h1-7,10-11H,8-9H2,(H2,24,25)(H,32,33)(H,26,27,28). The van der Waals surface area contributed by atoms with E-state index in [2.05, 4.69) is 25.1 Å². The molecule has 1 aliphatic heterocycles. The number of hydrogen-bond donors (Lipinski definition) is 3. The number of anilines is 3. The zero-order valence-electron chi connectivity index (χ0n) is 18.0. The van der Waals surface area contributed by atoms with Crippen molar-refractivity contribution in [1.29, 1.82) is 0 Å². The molecule has 12 heteroatoms. The van der Waals surface area contributed by atoms with Crippen molar-refractivity contribution in [2.45, 2.75) is 0 Å². The zero-order valence-corrected chi connectivity index (χ0v) is 18.8. The molecule has 0 aliphatic carbocycles. The van der Waals surface area contributed by atoms with Crippen LogP contribution in [-0.2, 0) is 0 Å². The number of aromatic carboxylic acids is 1. The number of H-pyrrole nitrogens is 1. The van der Waals surface area contributed by atoms with Crippen LogP contribution < -0.4 is 20.9 Å². The predicted molar refractivity (Wildman–Crippen MR) is 131 cm³/mol. The van der Waals surface area contributed by atoms with Crippen LogP contribution in [0, 0.1) is 0 Å². The summed E-state index contributed by atoms with van der Waals surface area (Å²) in [4.78, 5) is 35.8. The number of ether oxygens (including phenoxy) is 1. The number of fused-ring (bicyclic) bond motifs is 2. The van der Waals surface area contributed by atoms with Crippen molar-refractivity contribution in [1.82, 2.24) is 24.7 Å². The number of nitrogen functional groups attached to an aromatic ring is 1. The highest BCUT2D eigenvalue weighted by Gasteiger charge is 2.23. The Bertz CT molecular complexity index is 1660. The SMILES string of the molecule is Nc1nc2sc(-c3nc(C(=O)O)n[nH]3)cc2n(-c2ccc3c(c2)N(c2ccccc2)CCO3)c1=O. The Balaban J connectivity index is 1.52. The van der Waals surface area contributed by atoms with Gasteiger partial charge in [0, 0.05) is 5.69 Å². The number of para-hydroxylation sites is 1. The van der Waals surface area contributed by atoms with Crippen molar-refractivity contribution < 1.29 is 14.6 Å². The molecule has 0 radical (unpaired) electrons. The fourth-order valence-electron chi connectivity index (χ4n) is 4.06. The number of thiophene rings is 1. The second kappa shape index (κ2) is 7.95. The molecule has 0 saturated heterocycles. The molecule has 4 heterocycles. The third kappa shape index (κ3) is 3.47. The third-order valence-corrected chi connectivity index (χ3v) is 6.65. The number of hydrogen-bond acceptors (Lipinski definition) is 9. The first kappa shape index (κ1) is 20.9. The molecule has 3 aromatic heterocycles. The number of nitrogens with two attached hydrogens (primary N) is 1. The van der Waals surface area contributed by atoms with Crippen molar-refractivity contribution >= 4 is 44.8 Å². The summed E-state index contributed by atoms with van der Waals surface area (Å²) in [7, 11) is 0. The summed E-state index contributed by atoms with van der Waals surface area (Å²) in [5.41, 5.74) is 8.46. The smallest absolute Gasteiger partial charge is 0.375 e. The van der Waals surface area contributed by atoms with Gasteiger partial charge in [-0.1, -0.05) is 18.2 Å². The molecule has 11 nitrogen and oxygen atoms in total. The Morgan fingerprint density at radius 1 is 1.11 bits per heavy atom. The largest absolute Gasteiger partial charge is 0.490 e. The summed E-state index contributed by atoms with van der Waals surface area (Å²) < 4.78 is 7.35. The molecule has 0 atom stereocenters. The Morgan fingerprint density at radius 3 is 2.71 bits per heavy atom. The maximum absolute atomic E-state index is 13.2. The monoisotopic (exact) mass is 487 g/mol. The first-order valence-corrected chi connectivity index (χ1v) is 11.4. The average molecular weight is 488 g/mol. The number of benzene rings is 2. The van der Waals surface area contributed by atoms with Crippen molar-refractivity contribution in [3.8, 4) is 22.1 Å². The van der Waals surface area contributed by atoms with E-state index in [0.717, 1.165) is 11.4 Å². The van der Waals surface area contributed by atoms with Gasteiger partial charge in [-0.15, -0.1) is 16.4 Å². The topological polar surface area (TPSA) is 152 Å². The minimum absolute atomic E-state index is 0.149. The highest BCUT2D eigenvalue weighted by molar-refractivity contribution is 7.21. The van der Waals surface area contributed by atoms with Crippen LogP contribution in [0.3, 0.4) is 0 Å². The quantitative estimate of drug-likeness (QED) is 0.347. The van der Waals surface area contributed by atoms with Crippen molar-refractivity contribution in [3.05, 3.63) is 70.8 Å². The van der Waals surface area contributed by atoms with Gasteiger partial charge in [0.25, 0.3) is 11.4 Å². The molecule has 6 rings (SSSR count). The van der Waals surface area contributed by atoms with E-state index in [1.807, 2.05) is 42.5 Å². The number of aromatic nitrogens is 5. The summed E-state index contributed by atoms with van der Waals surface area (Å²) in [6.07, 6.45) is 0. The van der Waals surface area contributed by atoms with E-state index in [1.165, 1.54) is 15.9 Å². The van der Waals surface area contributed by atoms with Crippen LogP contribution in [0.1, 0.15) is 10.6 Å². The Labute approximate surface area is 201 Å². The second-order valence-electron chi connectivity index (χ2n) is 7.74. The third-order valence-electron chi connectivity index (χ3n) is 5.62. The van der Waals surface area contributed by atoms with Gasteiger partial charge >= 0.3 is 5.97 Å². The number of carboxylic acids is 1. The highest BCUT2D eigenvalue weighted by Crippen LogP contribution is 2.39. The van der Waals surface area contributed by atoms with Gasteiger partial charge in [-0.05, 0) is 36.4 Å². The molecule has 35 heavy (non-hydrogen) atoms. The van der Waals surface area contributed by atoms with Gasteiger partial charge in [-0.3, -0.25) is 14.5 Å². The van der Waals surface area contributed by atoms with Crippen LogP contribution in [0.5, 0.6) is 5.75 Å². The van der Waals surface area contributed by atoms with E-state index in [4.69, 9.17) is 15.6 Å². The Kier molecular flexibility index (Phi) is 4.74. The summed E-state index contributed by atoms with van der Waals surface area (Å²) in [6, 6.07) is 17.2. The normalized spacial score (nSPS) is 13.0. The first-order chi connectivity index (χ1) is 17.0. The van der Waals surface area contributed by atoms with Gasteiger partial charge in [-0.25, -0.2) is 14.8 Å². The van der Waals surface area contributed by atoms with Crippen LogP contribution in [0.4, 0.5) is 17.2 Å². The Morgan fingerprint density at radius 2 is 1.94 bits per heavy atom. The fraction of sp³-hybridized carbons (Fsp3) is 0.0870. The van der Waals surface area contributed by atoms with Crippen molar-refractivity contribution in [2.24, 2.45) is 0 Å². The highest BCUT2D eigenvalue weighted by atomic mass is 32.1. The van der Waals surface area contributed by atoms with Gasteiger partial charge in [0.2, 0.25) is 0 Å². The van der Waals surface area contributed by atoms with E-state index in [1.54, 1.807) is 12.1 Å². The first-order valence-electron chi connectivity index (χ1n) is 10.6. The van der Waals surface area contributed by atoms with Gasteiger partial charge in [-0.2, -0.15) is 0 Å². The summed E-state index contributed by atoms with van der Waals surface area (Å²) in [5.74, 6) is -0.769. The number of nitrogens with zero attached hydrogens (tertiary/aromatic N) is 5. The molecule has 4 N–H and O–H groups in total. The van der Waals surface area contributed by atoms with Crippen LogP contribution in [0.15, 0.2) is 59.4 Å². The van der Waals surface area contributed by atoms with Crippen LogP contribution in [0.25, 0.3) is 26.7 Å². The minimum Gasteiger partial charge on any atom is -0.490 e. The van der Waals surface area contributed by atoms with E-state index in [-0.39, 0.29) is 17.5 Å². The number of carbonyl (C=O) groups is 1.